The van der Waals surface area contributed by atoms with E-state index >= 15 is 0 Å². The molecule has 1 saturated heterocycles. The number of anilines is 1. The number of halogens is 5. The van der Waals surface area contributed by atoms with Gasteiger partial charge in [0.15, 0.2) is 5.11 Å². The summed E-state index contributed by atoms with van der Waals surface area (Å²) in [5.74, 6) is -0.368. The fraction of sp³-hybridized carbons (Fsp3) is 0.381. The van der Waals surface area contributed by atoms with E-state index in [4.69, 9.17) is 28.6 Å². The summed E-state index contributed by atoms with van der Waals surface area (Å²) in [6.45, 7) is 4.15. The number of hydrogen-bond acceptors (Lipinski definition) is 3. The van der Waals surface area contributed by atoms with Gasteiger partial charge < -0.3 is 15.0 Å². The first-order chi connectivity index (χ1) is 14.7. The molecule has 31 heavy (non-hydrogen) atoms. The van der Waals surface area contributed by atoms with Gasteiger partial charge in [-0.1, -0.05) is 29.8 Å². The Kier molecular flexibility index (Phi) is 8.10. The van der Waals surface area contributed by atoms with Crippen LogP contribution >= 0.6 is 23.8 Å². The van der Waals surface area contributed by atoms with Crippen LogP contribution in [0.1, 0.15) is 11.1 Å². The van der Waals surface area contributed by atoms with E-state index in [-0.39, 0.29) is 28.2 Å². The second-order valence-electron chi connectivity index (χ2n) is 7.09. The molecule has 1 fully saturated rings. The molecule has 10 heteroatoms. The Hall–Kier alpha value is -1.94. The van der Waals surface area contributed by atoms with E-state index in [1.54, 1.807) is 23.1 Å². The first-order valence-electron chi connectivity index (χ1n) is 9.70. The third-order valence-corrected chi connectivity index (χ3v) is 5.61. The molecule has 1 aliphatic heterocycles. The fourth-order valence-electron chi connectivity index (χ4n) is 3.19. The minimum Gasteiger partial charge on any atom is -0.379 e. The van der Waals surface area contributed by atoms with Gasteiger partial charge in [-0.25, -0.2) is 4.39 Å². The maximum atomic E-state index is 14.2. The van der Waals surface area contributed by atoms with Crippen LogP contribution < -0.4 is 5.32 Å². The van der Waals surface area contributed by atoms with Crippen molar-refractivity contribution in [3.05, 3.63) is 64.4 Å². The molecule has 0 bridgehead atoms. The summed E-state index contributed by atoms with van der Waals surface area (Å²) < 4.78 is 59.1. The molecule has 1 heterocycles. The van der Waals surface area contributed by atoms with Crippen LogP contribution in [0, 0.1) is 5.82 Å². The lowest BCUT2D eigenvalue weighted by molar-refractivity contribution is -0.137. The first-order valence-corrected chi connectivity index (χ1v) is 10.5. The van der Waals surface area contributed by atoms with Gasteiger partial charge in [0.1, 0.15) is 5.82 Å². The molecule has 1 N–H and O–H groups in total. The van der Waals surface area contributed by atoms with Crippen LogP contribution in [0.15, 0.2) is 42.5 Å². The minimum atomic E-state index is -4.58. The van der Waals surface area contributed by atoms with E-state index < -0.39 is 11.7 Å². The third kappa shape index (κ3) is 6.77. The third-order valence-electron chi connectivity index (χ3n) is 4.92. The van der Waals surface area contributed by atoms with Crippen LogP contribution in [0.2, 0.25) is 5.02 Å². The molecule has 0 amide bonds. The monoisotopic (exact) mass is 475 g/mol. The average Bonchev–Trinajstić information content (AvgIpc) is 2.73. The molecule has 3 rings (SSSR count). The van der Waals surface area contributed by atoms with Gasteiger partial charge in [0.05, 0.1) is 23.8 Å². The molecular weight excluding hydrogens is 454 g/mol. The van der Waals surface area contributed by atoms with Crippen LogP contribution in [-0.2, 0) is 17.5 Å². The molecule has 0 saturated carbocycles. The molecule has 0 aliphatic carbocycles. The normalized spacial score (nSPS) is 15.0. The fourth-order valence-corrected chi connectivity index (χ4v) is 3.69. The highest BCUT2D eigenvalue weighted by atomic mass is 35.5. The van der Waals surface area contributed by atoms with Crippen molar-refractivity contribution in [1.82, 2.24) is 9.80 Å². The van der Waals surface area contributed by atoms with E-state index in [1.165, 1.54) is 18.2 Å². The van der Waals surface area contributed by atoms with E-state index in [9.17, 15) is 17.6 Å². The van der Waals surface area contributed by atoms with Gasteiger partial charge in [-0.3, -0.25) is 4.90 Å². The zero-order chi connectivity index (χ0) is 22.4. The lowest BCUT2D eigenvalue weighted by atomic mass is 10.2. The summed E-state index contributed by atoms with van der Waals surface area (Å²) in [4.78, 5) is 3.94. The smallest absolute Gasteiger partial charge is 0.379 e. The van der Waals surface area contributed by atoms with Gasteiger partial charge in [-0.15, -0.1) is 0 Å². The Morgan fingerprint density at radius 2 is 1.87 bits per heavy atom. The molecule has 0 radical (unpaired) electrons. The van der Waals surface area contributed by atoms with Crippen LogP contribution in [0.4, 0.5) is 23.2 Å². The number of alkyl halides is 3. The Morgan fingerprint density at radius 1 is 1.16 bits per heavy atom. The minimum absolute atomic E-state index is 0.159. The van der Waals surface area contributed by atoms with Crippen molar-refractivity contribution < 1.29 is 22.3 Å². The van der Waals surface area contributed by atoms with Crippen molar-refractivity contribution >= 4 is 34.6 Å². The van der Waals surface area contributed by atoms with E-state index in [2.05, 4.69) is 10.2 Å². The van der Waals surface area contributed by atoms with Crippen LogP contribution in [-0.4, -0.2) is 54.3 Å². The number of nitrogens with one attached hydrogen (secondary N) is 1. The van der Waals surface area contributed by atoms with Crippen molar-refractivity contribution in [2.45, 2.75) is 12.7 Å². The molecular formula is C21H22ClF4N3OS. The number of rotatable bonds is 6. The summed E-state index contributed by atoms with van der Waals surface area (Å²) in [6, 6.07) is 9.85. The van der Waals surface area contributed by atoms with Crippen molar-refractivity contribution in [3.63, 3.8) is 0 Å². The Bertz CT molecular complexity index is 906. The molecule has 2 aromatic rings. The topological polar surface area (TPSA) is 27.7 Å². The Labute approximate surface area is 188 Å². The van der Waals surface area contributed by atoms with E-state index in [0.717, 1.165) is 19.2 Å². The predicted octanol–water partition coefficient (Wildman–Crippen LogP) is 5.03. The first kappa shape index (κ1) is 23.7. The highest BCUT2D eigenvalue weighted by Crippen LogP contribution is 2.36. The summed E-state index contributed by atoms with van der Waals surface area (Å²) in [5.41, 5.74) is -0.344. The lowest BCUT2D eigenvalue weighted by Gasteiger charge is -2.31. The zero-order valence-electron chi connectivity index (χ0n) is 16.6. The van der Waals surface area contributed by atoms with Crippen LogP contribution in [0.5, 0.6) is 0 Å². The summed E-state index contributed by atoms with van der Waals surface area (Å²) >= 11 is 11.2. The molecule has 168 valence electrons. The number of ether oxygens (including phenoxy) is 1. The maximum absolute atomic E-state index is 14.2. The SMILES string of the molecule is Fc1ccccc1CN(CCN1CCOCC1)C(=S)Nc1ccc(Cl)c(C(F)(F)F)c1. The number of morpholine rings is 1. The van der Waals surface area contributed by atoms with Crippen LogP contribution in [0.3, 0.4) is 0 Å². The molecule has 0 aromatic heterocycles. The number of hydrogen-bond donors (Lipinski definition) is 1. The second kappa shape index (κ2) is 10.6. The van der Waals surface area contributed by atoms with Gasteiger partial charge in [0.2, 0.25) is 0 Å². The van der Waals surface area contributed by atoms with Gasteiger partial charge in [0.25, 0.3) is 0 Å². The van der Waals surface area contributed by atoms with E-state index in [0.29, 0.717) is 31.9 Å². The van der Waals surface area contributed by atoms with Crippen molar-refractivity contribution in [2.75, 3.05) is 44.7 Å². The molecule has 0 spiro atoms. The molecule has 1 aliphatic rings. The van der Waals surface area contributed by atoms with Gasteiger partial charge >= 0.3 is 6.18 Å². The van der Waals surface area contributed by atoms with Gasteiger partial charge in [-0.2, -0.15) is 13.2 Å². The largest absolute Gasteiger partial charge is 0.417 e. The summed E-state index contributed by atoms with van der Waals surface area (Å²) in [7, 11) is 0. The average molecular weight is 476 g/mol. The molecule has 0 unspecified atom stereocenters. The Morgan fingerprint density at radius 3 is 2.55 bits per heavy atom. The highest BCUT2D eigenvalue weighted by molar-refractivity contribution is 7.80. The second-order valence-corrected chi connectivity index (χ2v) is 7.88. The quantitative estimate of drug-likeness (QED) is 0.467. The molecule has 4 nitrogen and oxygen atoms in total. The van der Waals surface area contributed by atoms with Crippen molar-refractivity contribution in [2.24, 2.45) is 0 Å². The zero-order valence-corrected chi connectivity index (χ0v) is 18.2. The van der Waals surface area contributed by atoms with Gasteiger partial charge in [0, 0.05) is 44.0 Å². The lowest BCUT2D eigenvalue weighted by Crippen LogP contribution is -2.44. The number of benzene rings is 2. The highest BCUT2D eigenvalue weighted by Gasteiger charge is 2.33. The maximum Gasteiger partial charge on any atom is 0.417 e. The van der Waals surface area contributed by atoms with E-state index in [1.807, 2.05) is 0 Å². The van der Waals surface area contributed by atoms with Crippen molar-refractivity contribution in [3.8, 4) is 0 Å². The standard InChI is InChI=1S/C21H22ClF4N3OS/c22-18-6-5-16(13-17(18)21(24,25)26)27-20(31)29(8-7-28-9-11-30-12-10-28)14-15-3-1-2-4-19(15)23/h1-6,13H,7-12,14H2,(H,27,31). The predicted molar refractivity (Wildman–Crippen MR) is 117 cm³/mol. The number of nitrogens with zero attached hydrogens (tertiary/aromatic N) is 2. The van der Waals surface area contributed by atoms with Gasteiger partial charge in [-0.05, 0) is 36.5 Å². The Balaban J connectivity index is 1.75. The summed E-state index contributed by atoms with van der Waals surface area (Å²) in [5, 5.41) is 2.65. The number of thiocarbonyl (C=S) groups is 1. The molecule has 0 atom stereocenters. The van der Waals surface area contributed by atoms with Crippen LogP contribution in [0.25, 0.3) is 0 Å². The molecule has 2 aromatic carbocycles. The van der Waals surface area contributed by atoms with Crippen molar-refractivity contribution in [1.29, 1.82) is 0 Å². The summed E-state index contributed by atoms with van der Waals surface area (Å²) in [6.07, 6.45) is -4.58.